The molecule has 5 rings (SSSR count). The van der Waals surface area contributed by atoms with E-state index in [2.05, 4.69) is 36.3 Å². The van der Waals surface area contributed by atoms with Gasteiger partial charge in [0, 0.05) is 17.6 Å². The van der Waals surface area contributed by atoms with E-state index >= 15 is 0 Å². The first-order valence-corrected chi connectivity index (χ1v) is 10.3. The van der Waals surface area contributed by atoms with Gasteiger partial charge in [-0.15, -0.1) is 0 Å². The second kappa shape index (κ2) is 7.18. The van der Waals surface area contributed by atoms with E-state index in [9.17, 15) is 5.26 Å². The van der Waals surface area contributed by atoms with Crippen molar-refractivity contribution in [3.63, 3.8) is 0 Å². The Morgan fingerprint density at radius 1 is 1.14 bits per heavy atom. The molecule has 0 radical (unpaired) electrons. The molecule has 2 heterocycles. The minimum absolute atomic E-state index is 0.0386. The van der Waals surface area contributed by atoms with Gasteiger partial charge in [0.05, 0.1) is 22.3 Å². The van der Waals surface area contributed by atoms with Gasteiger partial charge in [-0.1, -0.05) is 41.9 Å². The van der Waals surface area contributed by atoms with E-state index in [4.69, 9.17) is 16.3 Å². The molecule has 144 valence electrons. The highest BCUT2D eigenvalue weighted by atomic mass is 35.5. The Morgan fingerprint density at radius 3 is 2.79 bits per heavy atom. The van der Waals surface area contributed by atoms with Gasteiger partial charge in [-0.25, -0.2) is 4.68 Å². The fourth-order valence-electron chi connectivity index (χ4n) is 4.39. The number of hydrogen-bond acceptors (Lipinski definition) is 3. The summed E-state index contributed by atoms with van der Waals surface area (Å²) in [6.45, 7) is 2.84. The molecular formula is C24H20ClN3O. The summed E-state index contributed by atoms with van der Waals surface area (Å²) in [7, 11) is 0. The molecule has 0 spiro atoms. The summed E-state index contributed by atoms with van der Waals surface area (Å²) >= 11 is 6.53. The Balaban J connectivity index is 1.84. The molecule has 0 N–H and O–H groups in total. The zero-order valence-corrected chi connectivity index (χ0v) is 16.9. The van der Waals surface area contributed by atoms with Crippen LogP contribution in [0.25, 0.3) is 32.8 Å². The van der Waals surface area contributed by atoms with E-state index in [1.165, 1.54) is 0 Å². The van der Waals surface area contributed by atoms with Gasteiger partial charge in [0.25, 0.3) is 0 Å². The van der Waals surface area contributed by atoms with E-state index in [1.807, 2.05) is 35.1 Å². The van der Waals surface area contributed by atoms with Crippen LogP contribution in [0.2, 0.25) is 5.02 Å². The summed E-state index contributed by atoms with van der Waals surface area (Å²) in [4.78, 5) is 0. The number of nitriles is 1. The molecule has 0 saturated carbocycles. The van der Waals surface area contributed by atoms with Crippen molar-refractivity contribution in [1.29, 1.82) is 5.26 Å². The van der Waals surface area contributed by atoms with Crippen LogP contribution in [-0.2, 0) is 4.74 Å². The van der Waals surface area contributed by atoms with Gasteiger partial charge in [-0.05, 0) is 60.2 Å². The van der Waals surface area contributed by atoms with Crippen LogP contribution in [0, 0.1) is 18.3 Å². The van der Waals surface area contributed by atoms with Crippen molar-refractivity contribution in [1.82, 2.24) is 9.78 Å². The molecule has 0 amide bonds. The largest absolute Gasteiger partial charge is 0.356 e. The maximum atomic E-state index is 9.92. The quantitative estimate of drug-likeness (QED) is 0.391. The van der Waals surface area contributed by atoms with Crippen molar-refractivity contribution in [2.75, 3.05) is 6.61 Å². The lowest BCUT2D eigenvalue weighted by atomic mass is 9.89. The Labute approximate surface area is 174 Å². The minimum Gasteiger partial charge on any atom is -0.356 e. The summed E-state index contributed by atoms with van der Waals surface area (Å²) in [6.07, 6.45) is 5.06. The molecule has 29 heavy (non-hydrogen) atoms. The van der Waals surface area contributed by atoms with Crippen LogP contribution < -0.4 is 0 Å². The SMILES string of the molecule is Cc1ccc2c(cnn2C2CCCCO2)c1-c1c(C#N)c(Cl)cc2ccccc12. The maximum Gasteiger partial charge on any atom is 0.150 e. The molecule has 1 atom stereocenters. The van der Waals surface area contributed by atoms with Crippen LogP contribution in [0.3, 0.4) is 0 Å². The van der Waals surface area contributed by atoms with Crippen LogP contribution >= 0.6 is 11.6 Å². The number of rotatable bonds is 2. The Kier molecular flexibility index (Phi) is 4.50. The average molecular weight is 402 g/mol. The lowest BCUT2D eigenvalue weighted by Gasteiger charge is -2.23. The number of hydrogen-bond donors (Lipinski definition) is 0. The Hall–Kier alpha value is -2.87. The van der Waals surface area contributed by atoms with Gasteiger partial charge in [0.1, 0.15) is 6.07 Å². The zero-order valence-electron chi connectivity index (χ0n) is 16.2. The Morgan fingerprint density at radius 2 is 2.00 bits per heavy atom. The molecule has 3 aromatic carbocycles. The van der Waals surface area contributed by atoms with Gasteiger partial charge < -0.3 is 4.74 Å². The highest BCUT2D eigenvalue weighted by Crippen LogP contribution is 2.42. The van der Waals surface area contributed by atoms with E-state index in [1.54, 1.807) is 0 Å². The molecular weight excluding hydrogens is 382 g/mol. The molecule has 1 unspecified atom stereocenters. The molecule has 5 heteroatoms. The van der Waals surface area contributed by atoms with Crippen molar-refractivity contribution < 1.29 is 4.74 Å². The maximum absolute atomic E-state index is 9.92. The second-order valence-corrected chi connectivity index (χ2v) is 7.95. The minimum atomic E-state index is -0.0386. The van der Waals surface area contributed by atoms with Crippen LogP contribution in [0.4, 0.5) is 0 Å². The van der Waals surface area contributed by atoms with E-state index in [0.717, 1.165) is 64.2 Å². The van der Waals surface area contributed by atoms with Gasteiger partial charge in [0.2, 0.25) is 0 Å². The molecule has 4 aromatic rings. The first-order chi connectivity index (χ1) is 14.2. The fourth-order valence-corrected chi connectivity index (χ4v) is 4.64. The first kappa shape index (κ1) is 18.2. The highest BCUT2D eigenvalue weighted by molar-refractivity contribution is 6.33. The lowest BCUT2D eigenvalue weighted by molar-refractivity contribution is -0.0366. The number of benzene rings is 3. The summed E-state index contributed by atoms with van der Waals surface area (Å²) in [5.41, 5.74) is 4.50. The predicted molar refractivity (Wildman–Crippen MR) is 116 cm³/mol. The van der Waals surface area contributed by atoms with Crippen molar-refractivity contribution >= 4 is 33.3 Å². The number of ether oxygens (including phenoxy) is 1. The van der Waals surface area contributed by atoms with E-state index in [0.29, 0.717) is 10.6 Å². The number of nitrogens with zero attached hydrogens (tertiary/aromatic N) is 3. The molecule has 1 aliphatic heterocycles. The normalized spacial score (nSPS) is 16.9. The summed E-state index contributed by atoms with van der Waals surface area (Å²) < 4.78 is 7.95. The third kappa shape index (κ3) is 2.90. The molecule has 0 aliphatic carbocycles. The lowest BCUT2D eigenvalue weighted by Crippen LogP contribution is -2.18. The van der Waals surface area contributed by atoms with E-state index in [-0.39, 0.29) is 6.23 Å². The number of aromatic nitrogens is 2. The number of halogens is 1. The molecule has 4 nitrogen and oxygen atoms in total. The van der Waals surface area contributed by atoms with Crippen LogP contribution in [-0.4, -0.2) is 16.4 Å². The smallest absolute Gasteiger partial charge is 0.150 e. The average Bonchev–Trinajstić information content (AvgIpc) is 3.18. The van der Waals surface area contributed by atoms with Crippen LogP contribution in [0.5, 0.6) is 0 Å². The zero-order chi connectivity index (χ0) is 20.0. The standard InChI is InChI=1S/C24H20ClN3O/c1-15-9-10-21-19(14-27-28(21)22-8-4-5-11-29-22)23(15)24-17-7-3-2-6-16(17)12-20(25)18(24)13-26/h2-3,6-7,9-10,12,14,22H,4-5,8,11H2,1H3. The van der Waals surface area contributed by atoms with Crippen LogP contribution in [0.15, 0.2) is 48.7 Å². The summed E-state index contributed by atoms with van der Waals surface area (Å²) in [5, 5.41) is 18.1. The monoisotopic (exact) mass is 401 g/mol. The third-order valence-corrected chi connectivity index (χ3v) is 6.08. The molecule has 0 bridgehead atoms. The predicted octanol–water partition coefficient (Wildman–Crippen LogP) is 6.39. The first-order valence-electron chi connectivity index (χ1n) is 9.89. The van der Waals surface area contributed by atoms with Gasteiger partial charge in [-0.2, -0.15) is 10.4 Å². The Bertz CT molecular complexity index is 1280. The van der Waals surface area contributed by atoms with Crippen molar-refractivity contribution in [3.8, 4) is 17.2 Å². The molecule has 1 aromatic heterocycles. The van der Waals surface area contributed by atoms with Gasteiger partial charge in [0.15, 0.2) is 6.23 Å². The highest BCUT2D eigenvalue weighted by Gasteiger charge is 2.23. The van der Waals surface area contributed by atoms with Crippen molar-refractivity contribution in [2.24, 2.45) is 0 Å². The van der Waals surface area contributed by atoms with Gasteiger partial charge >= 0.3 is 0 Å². The van der Waals surface area contributed by atoms with E-state index < -0.39 is 0 Å². The summed E-state index contributed by atoms with van der Waals surface area (Å²) in [6, 6.07) is 16.5. The van der Waals surface area contributed by atoms with Crippen molar-refractivity contribution in [3.05, 3.63) is 64.8 Å². The van der Waals surface area contributed by atoms with Crippen molar-refractivity contribution in [2.45, 2.75) is 32.4 Å². The van der Waals surface area contributed by atoms with Gasteiger partial charge in [-0.3, -0.25) is 0 Å². The third-order valence-electron chi connectivity index (χ3n) is 5.78. The second-order valence-electron chi connectivity index (χ2n) is 7.54. The van der Waals surface area contributed by atoms with Crippen LogP contribution in [0.1, 0.15) is 36.6 Å². The topological polar surface area (TPSA) is 50.8 Å². The number of fused-ring (bicyclic) bond motifs is 2. The molecule has 1 saturated heterocycles. The number of aryl methyl sites for hydroxylation is 1. The molecule has 1 fully saturated rings. The fraction of sp³-hybridized carbons (Fsp3) is 0.250. The molecule has 1 aliphatic rings. The summed E-state index contributed by atoms with van der Waals surface area (Å²) in [5.74, 6) is 0.